The number of nitrogens with zero attached hydrogens (tertiary/aromatic N) is 3. The highest BCUT2D eigenvalue weighted by molar-refractivity contribution is 7.89. The van der Waals surface area contributed by atoms with Crippen LogP contribution >= 0.6 is 34.5 Å². The summed E-state index contributed by atoms with van der Waals surface area (Å²) in [6.45, 7) is 0.903. The molecule has 7 nitrogen and oxygen atoms in total. The van der Waals surface area contributed by atoms with Crippen molar-refractivity contribution in [1.29, 1.82) is 0 Å². The van der Waals surface area contributed by atoms with Gasteiger partial charge in [0.05, 0.1) is 5.02 Å². The molecule has 1 fully saturated rings. The van der Waals surface area contributed by atoms with Crippen molar-refractivity contribution in [2.45, 2.75) is 30.6 Å². The lowest BCUT2D eigenvalue weighted by atomic mass is 10.2. The Kier molecular flexibility index (Phi) is 7.11. The second-order valence-corrected chi connectivity index (χ2v) is 11.1. The Balaban J connectivity index is 1.54. The highest BCUT2D eigenvalue weighted by Crippen LogP contribution is 2.30. The Hall–Kier alpha value is -2.04. The highest BCUT2D eigenvalue weighted by atomic mass is 35.5. The second-order valence-electron chi connectivity index (χ2n) is 7.34. The van der Waals surface area contributed by atoms with Gasteiger partial charge in [-0.2, -0.15) is 4.31 Å². The summed E-state index contributed by atoms with van der Waals surface area (Å²) in [6.07, 6.45) is 3.62. The minimum Gasteiger partial charge on any atom is -0.296 e. The van der Waals surface area contributed by atoms with E-state index in [2.05, 4.69) is 15.5 Å². The Bertz CT molecular complexity index is 1220. The van der Waals surface area contributed by atoms with Crippen molar-refractivity contribution in [3.05, 3.63) is 58.1 Å². The second kappa shape index (κ2) is 9.84. The predicted molar refractivity (Wildman–Crippen MR) is 127 cm³/mol. The van der Waals surface area contributed by atoms with Crippen LogP contribution in [-0.4, -0.2) is 41.9 Å². The standard InChI is InChI=1S/C21H20Cl2N4O3S2/c22-16-8-5-14(6-9-16)20-25-26-21(31-20)24-19(28)15-7-10-17(23)18(13-15)32(29,30)27-11-3-1-2-4-12-27/h5-10,13H,1-4,11-12H2,(H,24,26,28). The highest BCUT2D eigenvalue weighted by Gasteiger charge is 2.28. The maximum Gasteiger partial charge on any atom is 0.257 e. The quantitative estimate of drug-likeness (QED) is 0.500. The smallest absolute Gasteiger partial charge is 0.257 e. The summed E-state index contributed by atoms with van der Waals surface area (Å²) >= 11 is 13.3. The van der Waals surface area contributed by atoms with Crippen molar-refractivity contribution < 1.29 is 13.2 Å². The molecule has 0 bridgehead atoms. The van der Waals surface area contributed by atoms with Crippen LogP contribution in [-0.2, 0) is 10.0 Å². The monoisotopic (exact) mass is 510 g/mol. The van der Waals surface area contributed by atoms with E-state index in [0.717, 1.165) is 31.2 Å². The zero-order chi connectivity index (χ0) is 22.7. The van der Waals surface area contributed by atoms with Crippen LogP contribution in [0.25, 0.3) is 10.6 Å². The number of hydrogen-bond acceptors (Lipinski definition) is 6. The molecule has 32 heavy (non-hydrogen) atoms. The van der Waals surface area contributed by atoms with Crippen molar-refractivity contribution in [1.82, 2.24) is 14.5 Å². The first-order valence-electron chi connectivity index (χ1n) is 10.0. The molecule has 2 aromatic carbocycles. The van der Waals surface area contributed by atoms with E-state index in [0.29, 0.717) is 28.3 Å². The third kappa shape index (κ3) is 5.13. The Labute approximate surface area is 200 Å². The van der Waals surface area contributed by atoms with Crippen molar-refractivity contribution in [2.75, 3.05) is 18.4 Å². The number of rotatable bonds is 5. The topological polar surface area (TPSA) is 92.3 Å². The van der Waals surface area contributed by atoms with Crippen LogP contribution < -0.4 is 5.32 Å². The first-order chi connectivity index (χ1) is 15.3. The first-order valence-corrected chi connectivity index (χ1v) is 13.1. The fourth-order valence-corrected chi connectivity index (χ4v) is 6.30. The molecule has 0 unspecified atom stereocenters. The van der Waals surface area contributed by atoms with Crippen molar-refractivity contribution in [3.63, 3.8) is 0 Å². The number of hydrogen-bond donors (Lipinski definition) is 1. The number of aromatic nitrogens is 2. The molecule has 0 saturated carbocycles. The summed E-state index contributed by atoms with van der Waals surface area (Å²) in [7, 11) is -3.80. The van der Waals surface area contributed by atoms with E-state index in [1.165, 1.54) is 33.8 Å². The number of amides is 1. The molecule has 0 radical (unpaired) electrons. The van der Waals surface area contributed by atoms with Gasteiger partial charge in [0.25, 0.3) is 5.91 Å². The summed E-state index contributed by atoms with van der Waals surface area (Å²) in [4.78, 5) is 12.7. The molecule has 1 aliphatic heterocycles. The van der Waals surface area contributed by atoms with Gasteiger partial charge < -0.3 is 0 Å². The zero-order valence-electron chi connectivity index (χ0n) is 16.9. The fraction of sp³-hybridized carbons (Fsp3) is 0.286. The summed E-state index contributed by atoms with van der Waals surface area (Å²) in [5.41, 5.74) is 0.996. The molecular formula is C21H20Cl2N4O3S2. The molecule has 1 saturated heterocycles. The summed E-state index contributed by atoms with van der Waals surface area (Å²) < 4.78 is 27.8. The van der Waals surface area contributed by atoms with E-state index >= 15 is 0 Å². The lowest BCUT2D eigenvalue weighted by Gasteiger charge is -2.21. The van der Waals surface area contributed by atoms with E-state index in [1.54, 1.807) is 12.1 Å². The van der Waals surface area contributed by atoms with Gasteiger partial charge in [-0.25, -0.2) is 8.42 Å². The third-order valence-electron chi connectivity index (χ3n) is 5.11. The molecule has 0 atom stereocenters. The molecule has 0 aliphatic carbocycles. The molecule has 3 aromatic rings. The van der Waals surface area contributed by atoms with Gasteiger partial charge in [0.15, 0.2) is 0 Å². The van der Waals surface area contributed by atoms with E-state index in [9.17, 15) is 13.2 Å². The van der Waals surface area contributed by atoms with Crippen LogP contribution in [0.3, 0.4) is 0 Å². The van der Waals surface area contributed by atoms with Crippen LogP contribution in [0.15, 0.2) is 47.4 Å². The van der Waals surface area contributed by atoms with Crippen molar-refractivity contribution in [2.24, 2.45) is 0 Å². The molecule has 11 heteroatoms. The molecule has 1 aliphatic rings. The Morgan fingerprint density at radius 1 is 0.969 bits per heavy atom. The number of sulfonamides is 1. The van der Waals surface area contributed by atoms with Crippen LogP contribution in [0, 0.1) is 0 Å². The van der Waals surface area contributed by atoms with Gasteiger partial charge in [0.1, 0.15) is 9.90 Å². The maximum atomic E-state index is 13.2. The van der Waals surface area contributed by atoms with Gasteiger partial charge >= 0.3 is 0 Å². The predicted octanol–water partition coefficient (Wildman–Crippen LogP) is 5.33. The van der Waals surface area contributed by atoms with Gasteiger partial charge in [-0.05, 0) is 43.2 Å². The van der Waals surface area contributed by atoms with Gasteiger partial charge in [-0.3, -0.25) is 10.1 Å². The van der Waals surface area contributed by atoms with E-state index in [4.69, 9.17) is 23.2 Å². The Morgan fingerprint density at radius 2 is 1.66 bits per heavy atom. The lowest BCUT2D eigenvalue weighted by molar-refractivity contribution is 0.102. The number of benzene rings is 2. The minimum atomic E-state index is -3.80. The molecule has 4 rings (SSSR count). The first kappa shape index (κ1) is 23.1. The fourth-order valence-electron chi connectivity index (χ4n) is 3.42. The zero-order valence-corrected chi connectivity index (χ0v) is 20.1. The van der Waals surface area contributed by atoms with Crippen LogP contribution in [0.2, 0.25) is 10.0 Å². The molecule has 1 aromatic heterocycles. The van der Waals surface area contributed by atoms with E-state index in [-0.39, 0.29) is 15.5 Å². The minimum absolute atomic E-state index is 0.0622. The number of carbonyl (C=O) groups is 1. The number of anilines is 1. The van der Waals surface area contributed by atoms with Crippen LogP contribution in [0.5, 0.6) is 0 Å². The van der Waals surface area contributed by atoms with Gasteiger partial charge in [-0.15, -0.1) is 10.2 Å². The molecule has 168 valence electrons. The van der Waals surface area contributed by atoms with Gasteiger partial charge in [0.2, 0.25) is 15.2 Å². The number of halogens is 2. The largest absolute Gasteiger partial charge is 0.296 e. The summed E-state index contributed by atoms with van der Waals surface area (Å²) in [5, 5.41) is 12.4. The number of nitrogens with one attached hydrogen (secondary N) is 1. The van der Waals surface area contributed by atoms with Gasteiger partial charge in [0, 0.05) is 29.2 Å². The molecular weight excluding hydrogens is 491 g/mol. The average Bonchev–Trinajstić information content (AvgIpc) is 3.05. The lowest BCUT2D eigenvalue weighted by Crippen LogP contribution is -2.32. The number of carbonyl (C=O) groups excluding carboxylic acids is 1. The summed E-state index contributed by atoms with van der Waals surface area (Å²) in [6, 6.07) is 11.4. The molecule has 0 spiro atoms. The normalized spacial score (nSPS) is 15.3. The van der Waals surface area contributed by atoms with Crippen molar-refractivity contribution >= 4 is 55.6 Å². The maximum absolute atomic E-state index is 13.2. The van der Waals surface area contributed by atoms with Crippen LogP contribution in [0.4, 0.5) is 5.13 Å². The summed E-state index contributed by atoms with van der Waals surface area (Å²) in [5.74, 6) is -0.493. The molecule has 1 amide bonds. The van der Waals surface area contributed by atoms with E-state index < -0.39 is 15.9 Å². The average molecular weight is 511 g/mol. The molecule has 1 N–H and O–H groups in total. The Morgan fingerprint density at radius 3 is 2.34 bits per heavy atom. The van der Waals surface area contributed by atoms with E-state index in [1.807, 2.05) is 12.1 Å². The van der Waals surface area contributed by atoms with Gasteiger partial charge in [-0.1, -0.05) is 59.5 Å². The van der Waals surface area contributed by atoms with Crippen LogP contribution in [0.1, 0.15) is 36.0 Å². The SMILES string of the molecule is O=C(Nc1nnc(-c2ccc(Cl)cc2)s1)c1ccc(Cl)c(S(=O)(=O)N2CCCCCC2)c1. The molecule has 2 heterocycles. The third-order valence-corrected chi connectivity index (χ3v) is 8.63. The van der Waals surface area contributed by atoms with Crippen molar-refractivity contribution in [3.8, 4) is 10.6 Å².